The molecule has 0 aliphatic carbocycles. The number of hydrogen-bond acceptors (Lipinski definition) is 2. The summed E-state index contributed by atoms with van der Waals surface area (Å²) >= 11 is 3.67. The van der Waals surface area contributed by atoms with Crippen molar-refractivity contribution in [3.8, 4) is 0 Å². The van der Waals surface area contributed by atoms with Crippen molar-refractivity contribution in [2.75, 3.05) is 26.8 Å². The molecule has 1 aromatic carbocycles. The fourth-order valence-electron chi connectivity index (χ4n) is 2.16. The van der Waals surface area contributed by atoms with E-state index in [0.29, 0.717) is 5.92 Å². The average molecular weight is 328 g/mol. The molecule has 1 aromatic rings. The molecule has 0 aliphatic heterocycles. The summed E-state index contributed by atoms with van der Waals surface area (Å²) in [6.07, 6.45) is 2.48. The number of methoxy groups -OCH3 is 1. The van der Waals surface area contributed by atoms with Crippen molar-refractivity contribution in [3.63, 3.8) is 0 Å². The van der Waals surface area contributed by atoms with Crippen LogP contribution in [0.1, 0.15) is 38.2 Å². The number of rotatable bonds is 9. The maximum Gasteiger partial charge on any atom is 0.0587 e. The molecule has 0 fully saturated rings. The first-order chi connectivity index (χ1) is 9.15. The summed E-state index contributed by atoms with van der Waals surface area (Å²) in [5.74, 6) is 1.32. The minimum atomic E-state index is 0.565. The van der Waals surface area contributed by atoms with Crippen LogP contribution in [0.15, 0.2) is 28.7 Å². The fourth-order valence-corrected chi connectivity index (χ4v) is 2.77. The summed E-state index contributed by atoms with van der Waals surface area (Å²) in [4.78, 5) is 0. The van der Waals surface area contributed by atoms with Gasteiger partial charge in [-0.05, 0) is 29.9 Å². The molecule has 19 heavy (non-hydrogen) atoms. The molecule has 1 N–H and O–H groups in total. The molecule has 0 heterocycles. The van der Waals surface area contributed by atoms with Gasteiger partial charge in [0.2, 0.25) is 0 Å². The normalized spacial score (nSPS) is 12.9. The van der Waals surface area contributed by atoms with Crippen molar-refractivity contribution in [2.45, 2.75) is 32.6 Å². The van der Waals surface area contributed by atoms with Gasteiger partial charge in [-0.25, -0.2) is 0 Å². The number of halogens is 1. The Balaban J connectivity index is 2.60. The monoisotopic (exact) mass is 327 g/mol. The minimum absolute atomic E-state index is 0.565. The van der Waals surface area contributed by atoms with E-state index in [2.05, 4.69) is 59.4 Å². The second kappa shape index (κ2) is 9.51. The number of hydrogen-bond donors (Lipinski definition) is 1. The van der Waals surface area contributed by atoms with Crippen molar-refractivity contribution in [3.05, 3.63) is 34.3 Å². The van der Waals surface area contributed by atoms with E-state index in [4.69, 9.17) is 4.74 Å². The van der Waals surface area contributed by atoms with E-state index in [1.165, 1.54) is 22.9 Å². The second-order valence-corrected chi connectivity index (χ2v) is 6.24. The minimum Gasteiger partial charge on any atom is -0.383 e. The molecule has 0 radical (unpaired) electrons. The van der Waals surface area contributed by atoms with Gasteiger partial charge < -0.3 is 10.1 Å². The quantitative estimate of drug-likeness (QED) is 0.686. The zero-order valence-electron chi connectivity index (χ0n) is 12.3. The van der Waals surface area contributed by atoms with Crippen molar-refractivity contribution in [1.82, 2.24) is 5.32 Å². The van der Waals surface area contributed by atoms with Crippen LogP contribution in [0, 0.1) is 5.92 Å². The Hall–Kier alpha value is -0.380. The van der Waals surface area contributed by atoms with E-state index in [1.54, 1.807) is 7.11 Å². The third-order valence-electron chi connectivity index (χ3n) is 3.31. The van der Waals surface area contributed by atoms with E-state index < -0.39 is 0 Å². The number of benzene rings is 1. The van der Waals surface area contributed by atoms with Crippen LogP contribution in [-0.4, -0.2) is 26.8 Å². The van der Waals surface area contributed by atoms with Gasteiger partial charge in [0.15, 0.2) is 0 Å². The van der Waals surface area contributed by atoms with Crippen LogP contribution in [0.5, 0.6) is 0 Å². The van der Waals surface area contributed by atoms with Crippen molar-refractivity contribution >= 4 is 15.9 Å². The van der Waals surface area contributed by atoms with Crippen LogP contribution in [-0.2, 0) is 4.74 Å². The molecule has 1 rings (SSSR count). The van der Waals surface area contributed by atoms with Crippen LogP contribution in [0.4, 0.5) is 0 Å². The third-order valence-corrected chi connectivity index (χ3v) is 4.03. The summed E-state index contributed by atoms with van der Waals surface area (Å²) in [6, 6.07) is 8.56. The van der Waals surface area contributed by atoms with E-state index in [9.17, 15) is 0 Å². The second-order valence-electron chi connectivity index (χ2n) is 5.39. The largest absolute Gasteiger partial charge is 0.383 e. The zero-order chi connectivity index (χ0) is 14.1. The standard InChI is InChI=1S/C16H26BrNO/c1-13(2)8-9-14(12-18-10-11-19-3)15-6-4-5-7-16(15)17/h4-7,13-14,18H,8-12H2,1-3H3. The number of nitrogens with one attached hydrogen (secondary N) is 1. The van der Waals surface area contributed by atoms with Gasteiger partial charge in [0.05, 0.1) is 6.61 Å². The topological polar surface area (TPSA) is 21.3 Å². The van der Waals surface area contributed by atoms with E-state index in [-0.39, 0.29) is 0 Å². The Bertz CT molecular complexity index is 354. The van der Waals surface area contributed by atoms with Gasteiger partial charge in [0, 0.05) is 24.7 Å². The predicted molar refractivity (Wildman–Crippen MR) is 85.7 cm³/mol. The first-order valence-corrected chi connectivity index (χ1v) is 7.88. The molecule has 1 atom stereocenters. The van der Waals surface area contributed by atoms with Gasteiger partial charge in [-0.1, -0.05) is 54.4 Å². The molecule has 0 aliphatic rings. The van der Waals surface area contributed by atoms with Crippen LogP contribution >= 0.6 is 15.9 Å². The summed E-state index contributed by atoms with van der Waals surface area (Å²) in [7, 11) is 1.74. The van der Waals surface area contributed by atoms with Crippen molar-refractivity contribution in [1.29, 1.82) is 0 Å². The molecular weight excluding hydrogens is 302 g/mol. The van der Waals surface area contributed by atoms with Gasteiger partial charge in [-0.15, -0.1) is 0 Å². The van der Waals surface area contributed by atoms with Gasteiger partial charge in [-0.3, -0.25) is 0 Å². The molecule has 0 saturated carbocycles. The maximum atomic E-state index is 5.08. The summed E-state index contributed by atoms with van der Waals surface area (Å²) < 4.78 is 6.30. The molecular formula is C16H26BrNO. The van der Waals surface area contributed by atoms with Gasteiger partial charge in [0.1, 0.15) is 0 Å². The van der Waals surface area contributed by atoms with Crippen LogP contribution in [0.2, 0.25) is 0 Å². The molecule has 0 saturated heterocycles. The van der Waals surface area contributed by atoms with Crippen LogP contribution in [0.3, 0.4) is 0 Å². The molecule has 1 unspecified atom stereocenters. The zero-order valence-corrected chi connectivity index (χ0v) is 13.9. The van der Waals surface area contributed by atoms with Crippen LogP contribution in [0.25, 0.3) is 0 Å². The molecule has 0 bridgehead atoms. The SMILES string of the molecule is COCCNCC(CCC(C)C)c1ccccc1Br. The Morgan fingerprint density at radius 3 is 2.58 bits per heavy atom. The predicted octanol–water partition coefficient (Wildman–Crippen LogP) is 4.20. The van der Waals surface area contributed by atoms with E-state index in [1.807, 2.05) is 0 Å². The van der Waals surface area contributed by atoms with Crippen molar-refractivity contribution < 1.29 is 4.74 Å². The van der Waals surface area contributed by atoms with E-state index in [0.717, 1.165) is 25.6 Å². The summed E-state index contributed by atoms with van der Waals surface area (Å²) in [5.41, 5.74) is 1.41. The summed E-state index contributed by atoms with van der Waals surface area (Å²) in [5, 5.41) is 3.49. The van der Waals surface area contributed by atoms with E-state index >= 15 is 0 Å². The van der Waals surface area contributed by atoms with Gasteiger partial charge in [-0.2, -0.15) is 0 Å². The molecule has 0 aromatic heterocycles. The van der Waals surface area contributed by atoms with Gasteiger partial charge in [0.25, 0.3) is 0 Å². The lowest BCUT2D eigenvalue weighted by molar-refractivity contribution is 0.198. The highest BCUT2D eigenvalue weighted by atomic mass is 79.9. The Morgan fingerprint density at radius 1 is 1.21 bits per heavy atom. The average Bonchev–Trinajstić information content (AvgIpc) is 2.39. The summed E-state index contributed by atoms with van der Waals surface area (Å²) in [6.45, 7) is 7.27. The molecule has 0 spiro atoms. The highest BCUT2D eigenvalue weighted by Crippen LogP contribution is 2.29. The maximum absolute atomic E-state index is 5.08. The third kappa shape index (κ3) is 6.55. The van der Waals surface area contributed by atoms with Crippen molar-refractivity contribution in [2.24, 2.45) is 5.92 Å². The lowest BCUT2D eigenvalue weighted by Crippen LogP contribution is -2.25. The lowest BCUT2D eigenvalue weighted by Gasteiger charge is -2.20. The molecule has 108 valence electrons. The molecule has 3 heteroatoms. The highest BCUT2D eigenvalue weighted by molar-refractivity contribution is 9.10. The molecule has 2 nitrogen and oxygen atoms in total. The Kier molecular flexibility index (Phi) is 8.35. The fraction of sp³-hybridized carbons (Fsp3) is 0.625. The number of ether oxygens (including phenoxy) is 1. The van der Waals surface area contributed by atoms with Gasteiger partial charge >= 0.3 is 0 Å². The Labute approximate surface area is 126 Å². The first-order valence-electron chi connectivity index (χ1n) is 7.09. The Morgan fingerprint density at radius 2 is 1.95 bits per heavy atom. The lowest BCUT2D eigenvalue weighted by atomic mass is 9.91. The first kappa shape index (κ1) is 16.7. The highest BCUT2D eigenvalue weighted by Gasteiger charge is 2.14. The molecule has 0 amide bonds. The van der Waals surface area contributed by atoms with Crippen LogP contribution < -0.4 is 5.32 Å². The smallest absolute Gasteiger partial charge is 0.0587 e.